The maximum absolute atomic E-state index is 13.4. The van der Waals surface area contributed by atoms with Gasteiger partial charge in [-0.1, -0.05) is 0 Å². The van der Waals surface area contributed by atoms with Crippen molar-refractivity contribution in [2.24, 2.45) is 0 Å². The van der Waals surface area contributed by atoms with Crippen LogP contribution in [0.3, 0.4) is 0 Å². The van der Waals surface area contributed by atoms with E-state index in [1.54, 1.807) is 12.3 Å². The lowest BCUT2D eigenvalue weighted by Crippen LogP contribution is -2.03. The lowest BCUT2D eigenvalue weighted by atomic mass is 10.2. The van der Waals surface area contributed by atoms with Gasteiger partial charge >= 0.3 is 0 Å². The molecular formula is C11H11F2N3. The Morgan fingerprint density at radius 2 is 2.12 bits per heavy atom. The Bertz CT molecular complexity index is 480. The number of hydrogen-bond acceptors (Lipinski definition) is 2. The normalized spacial score (nSPS) is 10.4. The Kier molecular flexibility index (Phi) is 2.85. The first kappa shape index (κ1) is 10.6. The fourth-order valence-electron chi connectivity index (χ4n) is 1.36. The molecule has 2 N–H and O–H groups in total. The molecule has 5 heteroatoms. The molecule has 0 aliphatic heterocycles. The Morgan fingerprint density at radius 3 is 2.81 bits per heavy atom. The molecule has 0 spiro atoms. The second-order valence-electron chi connectivity index (χ2n) is 3.52. The molecule has 0 atom stereocenters. The van der Waals surface area contributed by atoms with Crippen LogP contribution in [0.1, 0.15) is 11.3 Å². The molecule has 0 saturated heterocycles. The van der Waals surface area contributed by atoms with E-state index in [1.807, 2.05) is 0 Å². The van der Waals surface area contributed by atoms with E-state index in [-0.39, 0.29) is 5.69 Å². The summed E-state index contributed by atoms with van der Waals surface area (Å²) in [5.41, 5.74) is 1.25. The van der Waals surface area contributed by atoms with Gasteiger partial charge in [0.2, 0.25) is 0 Å². The lowest BCUT2D eigenvalue weighted by molar-refractivity contribution is 0.594. The van der Waals surface area contributed by atoms with Crippen molar-refractivity contribution >= 4 is 5.69 Å². The van der Waals surface area contributed by atoms with E-state index < -0.39 is 11.6 Å². The van der Waals surface area contributed by atoms with Crippen LogP contribution in [0, 0.1) is 18.6 Å². The van der Waals surface area contributed by atoms with Crippen molar-refractivity contribution in [2.75, 3.05) is 5.32 Å². The minimum Gasteiger partial charge on any atom is -0.377 e. The van der Waals surface area contributed by atoms with Gasteiger partial charge in [-0.15, -0.1) is 0 Å². The molecule has 2 aromatic rings. The zero-order chi connectivity index (χ0) is 11.5. The van der Waals surface area contributed by atoms with E-state index in [0.29, 0.717) is 12.1 Å². The number of anilines is 1. The minimum atomic E-state index is -0.460. The summed E-state index contributed by atoms with van der Waals surface area (Å²) in [6.45, 7) is 1.90. The fourth-order valence-corrected chi connectivity index (χ4v) is 1.36. The molecule has 0 aliphatic carbocycles. The molecule has 1 heterocycles. The van der Waals surface area contributed by atoms with Crippen LogP contribution in [-0.2, 0) is 6.54 Å². The molecule has 16 heavy (non-hydrogen) atoms. The van der Waals surface area contributed by atoms with Crippen molar-refractivity contribution in [3.63, 3.8) is 0 Å². The first-order valence-corrected chi connectivity index (χ1v) is 4.84. The number of aromatic amines is 1. The molecule has 0 saturated carbocycles. The topological polar surface area (TPSA) is 40.7 Å². The monoisotopic (exact) mass is 223 g/mol. The number of halogens is 2. The zero-order valence-electron chi connectivity index (χ0n) is 8.72. The Labute approximate surface area is 91.5 Å². The molecule has 0 unspecified atom stereocenters. The molecule has 1 aromatic heterocycles. The van der Waals surface area contributed by atoms with Crippen LogP contribution in [0.5, 0.6) is 0 Å². The average Bonchev–Trinajstić information content (AvgIpc) is 2.74. The summed E-state index contributed by atoms with van der Waals surface area (Å²) in [5, 5.41) is 9.28. The summed E-state index contributed by atoms with van der Waals surface area (Å²) in [7, 11) is 0. The molecule has 2 rings (SSSR count). The summed E-state index contributed by atoms with van der Waals surface area (Å²) in [6.07, 6.45) is 1.60. The highest BCUT2D eigenvalue weighted by Gasteiger charge is 2.06. The number of nitrogens with one attached hydrogen (secondary N) is 2. The fraction of sp³-hybridized carbons (Fsp3) is 0.182. The van der Waals surface area contributed by atoms with Crippen LogP contribution in [0.25, 0.3) is 0 Å². The highest BCUT2D eigenvalue weighted by molar-refractivity contribution is 5.47. The summed E-state index contributed by atoms with van der Waals surface area (Å²) in [4.78, 5) is 0. The van der Waals surface area contributed by atoms with E-state index in [4.69, 9.17) is 0 Å². The third-order valence-corrected chi connectivity index (χ3v) is 2.28. The van der Waals surface area contributed by atoms with E-state index in [0.717, 1.165) is 11.8 Å². The number of H-pyrrole nitrogens is 1. The van der Waals surface area contributed by atoms with Gasteiger partial charge in [0.15, 0.2) is 0 Å². The second kappa shape index (κ2) is 4.30. The highest BCUT2D eigenvalue weighted by Crippen LogP contribution is 2.19. The molecule has 0 bridgehead atoms. The Balaban J connectivity index is 2.12. The van der Waals surface area contributed by atoms with Crippen molar-refractivity contribution in [2.45, 2.75) is 13.5 Å². The first-order chi connectivity index (χ1) is 7.66. The highest BCUT2D eigenvalue weighted by atomic mass is 19.1. The maximum atomic E-state index is 13.4. The molecule has 0 fully saturated rings. The molecule has 1 aromatic carbocycles. The molecule has 84 valence electrons. The van der Waals surface area contributed by atoms with Gasteiger partial charge in [0.05, 0.1) is 17.9 Å². The number of aryl methyl sites for hydroxylation is 1. The molecule has 3 nitrogen and oxygen atoms in total. The lowest BCUT2D eigenvalue weighted by Gasteiger charge is -2.07. The predicted molar refractivity (Wildman–Crippen MR) is 57.0 cm³/mol. The van der Waals surface area contributed by atoms with E-state index >= 15 is 0 Å². The summed E-state index contributed by atoms with van der Waals surface area (Å²) >= 11 is 0. The van der Waals surface area contributed by atoms with Crippen molar-refractivity contribution in [3.8, 4) is 0 Å². The van der Waals surface area contributed by atoms with Gasteiger partial charge in [0, 0.05) is 12.3 Å². The van der Waals surface area contributed by atoms with Crippen molar-refractivity contribution in [1.29, 1.82) is 0 Å². The van der Waals surface area contributed by atoms with Gasteiger partial charge in [-0.25, -0.2) is 8.78 Å². The number of aromatic nitrogens is 2. The Hall–Kier alpha value is -1.91. The first-order valence-electron chi connectivity index (χ1n) is 4.84. The molecule has 0 radical (unpaired) electrons. The van der Waals surface area contributed by atoms with Crippen LogP contribution in [0.15, 0.2) is 24.4 Å². The van der Waals surface area contributed by atoms with Gasteiger partial charge in [-0.2, -0.15) is 5.10 Å². The van der Waals surface area contributed by atoms with Crippen LogP contribution in [0.2, 0.25) is 0 Å². The zero-order valence-corrected chi connectivity index (χ0v) is 8.72. The van der Waals surface area contributed by atoms with Crippen LogP contribution in [-0.4, -0.2) is 10.2 Å². The summed E-state index contributed by atoms with van der Waals surface area (Å²) < 4.78 is 26.6. The number of rotatable bonds is 3. The number of nitrogens with zero attached hydrogens (tertiary/aromatic N) is 1. The SMILES string of the molecule is Cc1cc(F)c(NCc2ccn[nH]2)cc1F. The standard InChI is InChI=1S/C11H11F2N3/c1-7-4-10(13)11(5-9(7)12)14-6-8-2-3-15-16-8/h2-5,14H,6H2,1H3,(H,15,16). The summed E-state index contributed by atoms with van der Waals surface area (Å²) in [5.74, 6) is -0.882. The van der Waals surface area contributed by atoms with Crippen molar-refractivity contribution in [3.05, 3.63) is 47.3 Å². The quantitative estimate of drug-likeness (QED) is 0.839. The molecule has 0 aliphatic rings. The van der Waals surface area contributed by atoms with Crippen LogP contribution >= 0.6 is 0 Å². The van der Waals surface area contributed by atoms with E-state index in [2.05, 4.69) is 15.5 Å². The van der Waals surface area contributed by atoms with Gasteiger partial charge in [-0.3, -0.25) is 5.10 Å². The van der Waals surface area contributed by atoms with Gasteiger partial charge in [0.25, 0.3) is 0 Å². The van der Waals surface area contributed by atoms with E-state index in [9.17, 15) is 8.78 Å². The number of hydrogen-bond donors (Lipinski definition) is 2. The average molecular weight is 223 g/mol. The largest absolute Gasteiger partial charge is 0.377 e. The predicted octanol–water partition coefficient (Wildman–Crippen LogP) is 2.61. The number of benzene rings is 1. The third-order valence-electron chi connectivity index (χ3n) is 2.28. The van der Waals surface area contributed by atoms with Gasteiger partial charge in [0.1, 0.15) is 11.6 Å². The van der Waals surface area contributed by atoms with Gasteiger partial charge < -0.3 is 5.32 Å². The van der Waals surface area contributed by atoms with Crippen LogP contribution in [0.4, 0.5) is 14.5 Å². The van der Waals surface area contributed by atoms with Gasteiger partial charge in [-0.05, 0) is 24.6 Å². The third kappa shape index (κ3) is 2.18. The molecule has 0 amide bonds. The van der Waals surface area contributed by atoms with Crippen molar-refractivity contribution in [1.82, 2.24) is 10.2 Å². The van der Waals surface area contributed by atoms with Crippen LogP contribution < -0.4 is 5.32 Å². The van der Waals surface area contributed by atoms with E-state index in [1.165, 1.54) is 13.0 Å². The second-order valence-corrected chi connectivity index (χ2v) is 3.52. The Morgan fingerprint density at radius 1 is 1.31 bits per heavy atom. The smallest absolute Gasteiger partial charge is 0.146 e. The molecular weight excluding hydrogens is 212 g/mol. The maximum Gasteiger partial charge on any atom is 0.146 e. The minimum absolute atomic E-state index is 0.151. The van der Waals surface area contributed by atoms with Crippen molar-refractivity contribution < 1.29 is 8.78 Å². The summed E-state index contributed by atoms with van der Waals surface area (Å²) in [6, 6.07) is 4.08.